The summed E-state index contributed by atoms with van der Waals surface area (Å²) in [4.78, 5) is 11.4. The molecule has 0 radical (unpaired) electrons. The Hall–Kier alpha value is -1.85. The lowest BCUT2D eigenvalue weighted by molar-refractivity contribution is 0.220. The van der Waals surface area contributed by atoms with Gasteiger partial charge in [0.1, 0.15) is 6.10 Å². The molecule has 3 aromatic rings. The van der Waals surface area contributed by atoms with E-state index in [1.54, 1.807) is 30.5 Å². The van der Waals surface area contributed by atoms with E-state index >= 15 is 0 Å². The van der Waals surface area contributed by atoms with Crippen molar-refractivity contribution in [1.29, 1.82) is 0 Å². The average Bonchev–Trinajstić information content (AvgIpc) is 2.93. The maximum Gasteiger partial charge on any atom is 0.419 e. The Balaban J connectivity index is 2.11. The molecular formula is C14H13NO3S. The molecule has 1 aromatic carbocycles. The van der Waals surface area contributed by atoms with Gasteiger partial charge in [0, 0.05) is 7.05 Å². The van der Waals surface area contributed by atoms with Crippen molar-refractivity contribution in [3.63, 3.8) is 0 Å². The normalized spacial score (nSPS) is 13.0. The Labute approximate surface area is 113 Å². The minimum absolute atomic E-state index is 0.395. The molecule has 1 atom stereocenters. The van der Waals surface area contributed by atoms with Crippen LogP contribution in [0.15, 0.2) is 38.2 Å². The molecule has 0 saturated carbocycles. The summed E-state index contributed by atoms with van der Waals surface area (Å²) in [5.74, 6) is -0.395. The van der Waals surface area contributed by atoms with E-state index in [0.29, 0.717) is 5.58 Å². The zero-order valence-corrected chi connectivity index (χ0v) is 11.4. The summed E-state index contributed by atoms with van der Waals surface area (Å²) >= 11 is 1.56. The van der Waals surface area contributed by atoms with Crippen LogP contribution in [0.3, 0.4) is 0 Å². The first-order valence-electron chi connectivity index (χ1n) is 5.88. The second kappa shape index (κ2) is 4.36. The Kier molecular flexibility index (Phi) is 2.80. The van der Waals surface area contributed by atoms with Crippen LogP contribution in [-0.2, 0) is 7.05 Å². The molecule has 0 aliphatic rings. The first-order chi connectivity index (χ1) is 9.08. The third kappa shape index (κ3) is 1.91. The van der Waals surface area contributed by atoms with Gasteiger partial charge in [-0.1, -0.05) is 6.07 Å². The fourth-order valence-corrected chi connectivity index (χ4v) is 3.02. The highest BCUT2D eigenvalue weighted by Crippen LogP contribution is 2.29. The van der Waals surface area contributed by atoms with Crippen molar-refractivity contribution < 1.29 is 9.52 Å². The van der Waals surface area contributed by atoms with Gasteiger partial charge in [-0.25, -0.2) is 4.79 Å². The summed E-state index contributed by atoms with van der Waals surface area (Å²) in [5, 5.41) is 14.3. The lowest BCUT2D eigenvalue weighted by Crippen LogP contribution is -2.08. The van der Waals surface area contributed by atoms with Crippen molar-refractivity contribution in [3.8, 4) is 0 Å². The zero-order valence-electron chi connectivity index (χ0n) is 10.6. The van der Waals surface area contributed by atoms with Crippen LogP contribution < -0.4 is 5.76 Å². The van der Waals surface area contributed by atoms with Crippen molar-refractivity contribution in [2.45, 2.75) is 13.0 Å². The van der Waals surface area contributed by atoms with Crippen LogP contribution in [0.5, 0.6) is 0 Å². The highest BCUT2D eigenvalue weighted by atomic mass is 32.1. The van der Waals surface area contributed by atoms with Gasteiger partial charge < -0.3 is 9.52 Å². The van der Waals surface area contributed by atoms with Gasteiger partial charge in [0.25, 0.3) is 0 Å². The predicted octanol–water partition coefficient (Wildman–Crippen LogP) is 2.58. The third-order valence-corrected chi connectivity index (χ3v) is 4.20. The molecule has 98 valence electrons. The first kappa shape index (κ1) is 12.2. The number of oxazole rings is 1. The number of thiophene rings is 1. The summed E-state index contributed by atoms with van der Waals surface area (Å²) in [6, 6.07) is 5.33. The number of rotatable bonds is 2. The van der Waals surface area contributed by atoms with Crippen molar-refractivity contribution in [2.75, 3.05) is 0 Å². The second-order valence-electron chi connectivity index (χ2n) is 4.57. The van der Waals surface area contributed by atoms with Crippen LogP contribution >= 0.6 is 11.3 Å². The van der Waals surface area contributed by atoms with Crippen LogP contribution in [0.2, 0.25) is 0 Å². The highest BCUT2D eigenvalue weighted by molar-refractivity contribution is 7.08. The number of aliphatic hydroxyl groups excluding tert-OH is 1. The van der Waals surface area contributed by atoms with Gasteiger partial charge in [0.15, 0.2) is 5.58 Å². The minimum Gasteiger partial charge on any atom is -0.408 e. The van der Waals surface area contributed by atoms with Gasteiger partial charge >= 0.3 is 5.76 Å². The first-order valence-corrected chi connectivity index (χ1v) is 6.82. The van der Waals surface area contributed by atoms with Gasteiger partial charge in [-0.15, -0.1) is 0 Å². The maximum absolute atomic E-state index is 11.4. The number of nitrogens with zero attached hydrogens (tertiary/aromatic N) is 1. The molecule has 4 nitrogen and oxygen atoms in total. The fraction of sp³-hybridized carbons (Fsp3) is 0.214. The van der Waals surface area contributed by atoms with E-state index in [-0.39, 0.29) is 0 Å². The predicted molar refractivity (Wildman–Crippen MR) is 74.6 cm³/mol. The van der Waals surface area contributed by atoms with Gasteiger partial charge in [0.05, 0.1) is 5.52 Å². The molecule has 0 aliphatic heterocycles. The summed E-state index contributed by atoms with van der Waals surface area (Å²) in [6.45, 7) is 1.97. The van der Waals surface area contributed by atoms with E-state index in [4.69, 9.17) is 4.42 Å². The molecule has 0 amide bonds. The number of fused-ring (bicyclic) bond motifs is 1. The van der Waals surface area contributed by atoms with Gasteiger partial charge in [0.2, 0.25) is 0 Å². The smallest absolute Gasteiger partial charge is 0.408 e. The van der Waals surface area contributed by atoms with Crippen LogP contribution in [0.1, 0.15) is 22.8 Å². The SMILES string of the molecule is Cc1cscc1C(O)c1ccc2c(c1)oc(=O)n2C. The number of benzene rings is 1. The van der Waals surface area contributed by atoms with Crippen molar-refractivity contribution in [3.05, 3.63) is 56.2 Å². The minimum atomic E-state index is -0.693. The van der Waals surface area contributed by atoms with E-state index in [1.165, 1.54) is 4.57 Å². The van der Waals surface area contributed by atoms with E-state index in [0.717, 1.165) is 22.2 Å². The Bertz CT molecular complexity index is 796. The number of hydrogen-bond acceptors (Lipinski definition) is 4. The molecule has 1 unspecified atom stereocenters. The molecule has 2 aromatic heterocycles. The maximum atomic E-state index is 11.4. The van der Waals surface area contributed by atoms with Gasteiger partial charge in [-0.05, 0) is 46.5 Å². The quantitative estimate of drug-likeness (QED) is 0.782. The van der Waals surface area contributed by atoms with Gasteiger partial charge in [-0.3, -0.25) is 4.57 Å². The molecule has 19 heavy (non-hydrogen) atoms. The average molecular weight is 275 g/mol. The second-order valence-corrected chi connectivity index (χ2v) is 5.31. The summed E-state index contributed by atoms with van der Waals surface area (Å²) in [7, 11) is 1.66. The number of aliphatic hydroxyl groups is 1. The molecule has 3 rings (SSSR count). The summed E-state index contributed by atoms with van der Waals surface area (Å²) < 4.78 is 6.58. The number of aryl methyl sites for hydroxylation is 2. The van der Waals surface area contributed by atoms with Crippen LogP contribution in [0.25, 0.3) is 11.1 Å². The standard InChI is InChI=1S/C14H13NO3S/c1-8-6-19-7-10(8)13(16)9-3-4-11-12(5-9)18-14(17)15(11)2/h3-7,13,16H,1-2H3. The Morgan fingerprint density at radius 2 is 2.16 bits per heavy atom. The van der Waals surface area contributed by atoms with Crippen molar-refractivity contribution >= 4 is 22.4 Å². The molecule has 1 N–H and O–H groups in total. The van der Waals surface area contributed by atoms with Crippen LogP contribution in [0, 0.1) is 6.92 Å². The monoisotopic (exact) mass is 275 g/mol. The molecule has 0 aliphatic carbocycles. The summed E-state index contributed by atoms with van der Waals surface area (Å²) in [5.41, 5.74) is 3.90. The van der Waals surface area contributed by atoms with Crippen LogP contribution in [0.4, 0.5) is 0 Å². The largest absolute Gasteiger partial charge is 0.419 e. The molecular weight excluding hydrogens is 262 g/mol. The molecule has 5 heteroatoms. The zero-order chi connectivity index (χ0) is 13.6. The number of aromatic nitrogens is 1. The molecule has 0 fully saturated rings. The third-order valence-electron chi connectivity index (χ3n) is 3.32. The van der Waals surface area contributed by atoms with E-state index in [2.05, 4.69) is 0 Å². The van der Waals surface area contributed by atoms with E-state index in [1.807, 2.05) is 23.8 Å². The number of hydrogen-bond donors (Lipinski definition) is 1. The highest BCUT2D eigenvalue weighted by Gasteiger charge is 2.15. The molecule has 0 bridgehead atoms. The van der Waals surface area contributed by atoms with Crippen LogP contribution in [-0.4, -0.2) is 9.67 Å². The fourth-order valence-electron chi connectivity index (χ4n) is 2.15. The molecule has 0 spiro atoms. The van der Waals surface area contributed by atoms with Crippen molar-refractivity contribution in [1.82, 2.24) is 4.57 Å². The molecule has 0 saturated heterocycles. The van der Waals surface area contributed by atoms with Gasteiger partial charge in [-0.2, -0.15) is 11.3 Å². The Morgan fingerprint density at radius 3 is 2.84 bits per heavy atom. The summed E-state index contributed by atoms with van der Waals surface area (Å²) in [6.07, 6.45) is -0.693. The molecule has 2 heterocycles. The lowest BCUT2D eigenvalue weighted by atomic mass is 10.0. The van der Waals surface area contributed by atoms with E-state index < -0.39 is 11.9 Å². The van der Waals surface area contributed by atoms with Crippen molar-refractivity contribution in [2.24, 2.45) is 7.05 Å². The van der Waals surface area contributed by atoms with E-state index in [9.17, 15) is 9.90 Å². The Morgan fingerprint density at radius 1 is 1.37 bits per heavy atom. The topological polar surface area (TPSA) is 55.4 Å². The lowest BCUT2D eigenvalue weighted by Gasteiger charge is -2.10.